The van der Waals surface area contributed by atoms with Gasteiger partial charge in [-0.15, -0.1) is 0 Å². The minimum Gasteiger partial charge on any atom is -0.379 e. The number of likely N-dealkylation sites (tertiary alicyclic amines) is 1. The van der Waals surface area contributed by atoms with Crippen LogP contribution in [0.5, 0.6) is 0 Å². The maximum Gasteiger partial charge on any atom is 0.226 e. The first kappa shape index (κ1) is 43.5. The van der Waals surface area contributed by atoms with Crippen LogP contribution in [0.1, 0.15) is 106 Å². The number of nitrogens with zero attached hydrogens (tertiary/aromatic N) is 3. The molecule has 0 bridgehead atoms. The maximum absolute atomic E-state index is 14.2. The third kappa shape index (κ3) is 12.3. The molecular weight excluding hydrogens is 630 g/mol. The topological polar surface area (TPSA) is 96.5 Å². The minimum absolute atomic E-state index is 0.0339. The number of likely N-dealkylation sites (N-methyl/N-ethyl adjacent to an activating group) is 2. The number of ketones is 2. The molecule has 50 heavy (non-hydrogen) atoms. The summed E-state index contributed by atoms with van der Waals surface area (Å²) in [5.74, 6) is -0.758. The van der Waals surface area contributed by atoms with Crippen molar-refractivity contribution in [1.82, 2.24) is 14.7 Å². The van der Waals surface area contributed by atoms with Crippen LogP contribution in [0.3, 0.4) is 0 Å². The Bertz CT molecular complexity index is 1210. The molecule has 1 aliphatic heterocycles. The highest BCUT2D eigenvalue weighted by Gasteiger charge is 2.42. The SMILES string of the molecule is CC[C@H](C)[C@@H]([C@@H](CC(=O)N1CCC[C@H]1[C@H](OC)[C@@H](C)C(=O)CCCc1ccccc1)OC)N(C)C(=O)[C@@H](CC(=O)CN(C)C(C)(C)C)C(C)C. The van der Waals surface area contributed by atoms with Gasteiger partial charge in [-0.1, -0.05) is 71.4 Å². The van der Waals surface area contributed by atoms with Crippen LogP contribution in [0.15, 0.2) is 30.3 Å². The molecular formula is C41H69N3O6. The van der Waals surface area contributed by atoms with Gasteiger partial charge in [-0.3, -0.25) is 24.1 Å². The Labute approximate surface area is 303 Å². The van der Waals surface area contributed by atoms with E-state index in [1.807, 2.05) is 55.8 Å². The van der Waals surface area contributed by atoms with E-state index in [9.17, 15) is 19.2 Å². The lowest BCUT2D eigenvalue weighted by molar-refractivity contribution is -0.149. The van der Waals surface area contributed by atoms with Gasteiger partial charge in [-0.25, -0.2) is 0 Å². The molecule has 2 amide bonds. The zero-order chi connectivity index (χ0) is 37.8. The number of Topliss-reactive ketones (excluding diaryl/α,β-unsaturated/α-hetero) is 2. The van der Waals surface area contributed by atoms with Crippen LogP contribution in [0, 0.1) is 23.7 Å². The van der Waals surface area contributed by atoms with Gasteiger partial charge in [0.15, 0.2) is 0 Å². The minimum atomic E-state index is -0.541. The molecule has 284 valence electrons. The summed E-state index contributed by atoms with van der Waals surface area (Å²) in [7, 11) is 6.96. The Morgan fingerprint density at radius 3 is 2.14 bits per heavy atom. The van der Waals surface area contributed by atoms with Crippen LogP contribution < -0.4 is 0 Å². The summed E-state index contributed by atoms with van der Waals surface area (Å²) in [6.07, 6.45) is 3.82. The Balaban J connectivity index is 2.18. The van der Waals surface area contributed by atoms with Gasteiger partial charge in [0.25, 0.3) is 0 Å². The Morgan fingerprint density at radius 2 is 1.60 bits per heavy atom. The summed E-state index contributed by atoms with van der Waals surface area (Å²) in [4.78, 5) is 60.4. The highest BCUT2D eigenvalue weighted by molar-refractivity contribution is 5.88. The van der Waals surface area contributed by atoms with Gasteiger partial charge in [0, 0.05) is 58.0 Å². The number of amides is 2. The van der Waals surface area contributed by atoms with E-state index in [-0.39, 0.29) is 78.1 Å². The molecule has 1 saturated heterocycles. The van der Waals surface area contributed by atoms with Crippen LogP contribution in [-0.4, -0.2) is 109 Å². The average Bonchev–Trinajstić information content (AvgIpc) is 3.56. The molecule has 1 aromatic carbocycles. The standard InChI is InChI=1S/C41H69N3O6/c1-13-29(4)38(43(10)40(48)33(28(2)3)25-32(45)27-42(9)41(6,7)8)36(49-11)26-37(47)44-24-18-22-34(44)39(50-12)30(5)35(46)23-17-21-31-19-15-14-16-20-31/h14-16,19-20,28-30,33-34,36,38-39H,13,17-18,21-27H2,1-12H3/t29-,30-,33-,34-,36+,38-,39+/m0/s1. The molecule has 2 rings (SSSR count). The number of ether oxygens (including phenoxy) is 2. The third-order valence-corrected chi connectivity index (χ3v) is 11.2. The van der Waals surface area contributed by atoms with E-state index in [1.54, 1.807) is 26.2 Å². The van der Waals surface area contributed by atoms with E-state index in [2.05, 4.69) is 46.8 Å². The summed E-state index contributed by atoms with van der Waals surface area (Å²) in [6.45, 7) is 17.1. The van der Waals surface area contributed by atoms with Crippen molar-refractivity contribution in [3.05, 3.63) is 35.9 Å². The van der Waals surface area contributed by atoms with Crippen LogP contribution in [0.2, 0.25) is 0 Å². The predicted octanol–water partition coefficient (Wildman–Crippen LogP) is 6.46. The van der Waals surface area contributed by atoms with Gasteiger partial charge in [0.05, 0.1) is 37.3 Å². The quantitative estimate of drug-likeness (QED) is 0.145. The van der Waals surface area contributed by atoms with E-state index in [1.165, 1.54) is 5.56 Å². The number of aryl methyl sites for hydroxylation is 1. The van der Waals surface area contributed by atoms with Gasteiger partial charge >= 0.3 is 0 Å². The third-order valence-electron chi connectivity index (χ3n) is 11.2. The predicted molar refractivity (Wildman–Crippen MR) is 201 cm³/mol. The van der Waals surface area contributed by atoms with Crippen molar-refractivity contribution in [2.24, 2.45) is 23.7 Å². The van der Waals surface area contributed by atoms with Crippen molar-refractivity contribution in [3.8, 4) is 0 Å². The summed E-state index contributed by atoms with van der Waals surface area (Å²) in [5.41, 5.74) is 1.06. The zero-order valence-corrected chi connectivity index (χ0v) is 33.4. The van der Waals surface area contributed by atoms with E-state index in [0.717, 1.165) is 32.1 Å². The van der Waals surface area contributed by atoms with Crippen LogP contribution in [0.4, 0.5) is 0 Å². The van der Waals surface area contributed by atoms with Gasteiger partial charge in [-0.2, -0.15) is 0 Å². The van der Waals surface area contributed by atoms with Gasteiger partial charge in [-0.05, 0) is 70.9 Å². The summed E-state index contributed by atoms with van der Waals surface area (Å²) in [5, 5.41) is 0. The van der Waals surface area contributed by atoms with Crippen molar-refractivity contribution < 1.29 is 28.7 Å². The van der Waals surface area contributed by atoms with Crippen molar-refractivity contribution >= 4 is 23.4 Å². The number of rotatable bonds is 21. The number of methoxy groups -OCH3 is 2. The molecule has 0 aromatic heterocycles. The van der Waals surface area contributed by atoms with Crippen LogP contribution in [-0.2, 0) is 35.1 Å². The zero-order valence-electron chi connectivity index (χ0n) is 33.4. The molecule has 0 N–H and O–H groups in total. The van der Waals surface area contributed by atoms with Gasteiger partial charge in [0.1, 0.15) is 11.6 Å². The van der Waals surface area contributed by atoms with Crippen molar-refractivity contribution in [2.75, 3.05) is 41.4 Å². The van der Waals surface area contributed by atoms with Crippen molar-refractivity contribution in [1.29, 1.82) is 0 Å². The van der Waals surface area contributed by atoms with Gasteiger partial charge in [0.2, 0.25) is 11.8 Å². The smallest absolute Gasteiger partial charge is 0.226 e. The number of hydrogen-bond donors (Lipinski definition) is 0. The monoisotopic (exact) mass is 700 g/mol. The fourth-order valence-corrected chi connectivity index (χ4v) is 7.36. The largest absolute Gasteiger partial charge is 0.379 e. The lowest BCUT2D eigenvalue weighted by atomic mass is 9.85. The molecule has 0 spiro atoms. The van der Waals surface area contributed by atoms with E-state index >= 15 is 0 Å². The molecule has 9 nitrogen and oxygen atoms in total. The second kappa shape index (κ2) is 20.4. The highest BCUT2D eigenvalue weighted by Crippen LogP contribution is 2.31. The first-order valence-corrected chi connectivity index (χ1v) is 18.9. The average molecular weight is 700 g/mol. The molecule has 1 heterocycles. The molecule has 0 aliphatic carbocycles. The second-order valence-electron chi connectivity index (χ2n) is 16.0. The van der Waals surface area contributed by atoms with Crippen molar-refractivity contribution in [3.63, 3.8) is 0 Å². The molecule has 0 unspecified atom stereocenters. The van der Waals surface area contributed by atoms with Crippen molar-refractivity contribution in [2.45, 2.75) is 137 Å². The summed E-state index contributed by atoms with van der Waals surface area (Å²) in [6, 6.07) is 9.62. The van der Waals surface area contributed by atoms with Crippen LogP contribution >= 0.6 is 0 Å². The number of benzene rings is 1. The van der Waals surface area contributed by atoms with Crippen LogP contribution in [0.25, 0.3) is 0 Å². The fraction of sp³-hybridized carbons (Fsp3) is 0.756. The van der Waals surface area contributed by atoms with E-state index < -0.39 is 18.1 Å². The molecule has 1 fully saturated rings. The number of carbonyl (C=O) groups excluding carboxylic acids is 4. The van der Waals surface area contributed by atoms with Gasteiger partial charge < -0.3 is 19.3 Å². The lowest BCUT2D eigenvalue weighted by Crippen LogP contribution is -2.54. The first-order chi connectivity index (χ1) is 23.5. The first-order valence-electron chi connectivity index (χ1n) is 18.9. The molecule has 9 heteroatoms. The second-order valence-corrected chi connectivity index (χ2v) is 16.0. The normalized spacial score (nSPS) is 18.8. The lowest BCUT2D eigenvalue weighted by Gasteiger charge is -2.41. The molecule has 7 atom stereocenters. The molecule has 1 aliphatic rings. The van der Waals surface area contributed by atoms with E-state index in [0.29, 0.717) is 13.0 Å². The Hall–Kier alpha value is -2.62. The molecule has 1 aromatic rings. The fourth-order valence-electron chi connectivity index (χ4n) is 7.36. The van der Waals surface area contributed by atoms with E-state index in [4.69, 9.17) is 9.47 Å². The summed E-state index contributed by atoms with van der Waals surface area (Å²) >= 11 is 0. The highest BCUT2D eigenvalue weighted by atomic mass is 16.5. The maximum atomic E-state index is 14.2. The molecule has 0 saturated carbocycles. The number of hydrogen-bond acceptors (Lipinski definition) is 7. The summed E-state index contributed by atoms with van der Waals surface area (Å²) < 4.78 is 12.0. The Morgan fingerprint density at radius 1 is 0.960 bits per heavy atom. The number of carbonyl (C=O) groups is 4. The Kier molecular flexibility index (Phi) is 17.8. The molecule has 0 radical (unpaired) electrons.